The molecule has 3 rings (SSSR count). The monoisotopic (exact) mass is 416 g/mol. The molecular formula is C25H37Br. The first-order chi connectivity index (χ1) is 12.7. The van der Waals surface area contributed by atoms with Gasteiger partial charge in [0.15, 0.2) is 0 Å². The van der Waals surface area contributed by atoms with Crippen molar-refractivity contribution >= 4 is 15.9 Å². The van der Waals surface area contributed by atoms with Gasteiger partial charge in [-0.1, -0.05) is 105 Å². The lowest BCUT2D eigenvalue weighted by atomic mass is 9.64. The van der Waals surface area contributed by atoms with E-state index < -0.39 is 0 Å². The SMILES string of the molecule is CCCCCCC1(CCCCCC)C2=C(CCC=C2)C2=CC=C(Br)CC21. The minimum absolute atomic E-state index is 0.410. The molecule has 3 aliphatic rings. The lowest BCUT2D eigenvalue weighted by molar-refractivity contribution is 0.210. The van der Waals surface area contributed by atoms with Crippen LogP contribution in [0.3, 0.4) is 0 Å². The van der Waals surface area contributed by atoms with Gasteiger partial charge in [-0.15, -0.1) is 0 Å². The van der Waals surface area contributed by atoms with Crippen LogP contribution < -0.4 is 0 Å². The molecule has 0 fully saturated rings. The molecule has 0 aliphatic heterocycles. The molecule has 1 unspecified atom stereocenters. The van der Waals surface area contributed by atoms with Gasteiger partial charge in [-0.2, -0.15) is 0 Å². The van der Waals surface area contributed by atoms with Crippen LogP contribution in [-0.2, 0) is 0 Å². The van der Waals surface area contributed by atoms with Crippen molar-refractivity contribution in [3.8, 4) is 0 Å². The van der Waals surface area contributed by atoms with E-state index in [9.17, 15) is 0 Å². The first-order valence-corrected chi connectivity index (χ1v) is 12.0. The Hall–Kier alpha value is -0.560. The lowest BCUT2D eigenvalue weighted by Crippen LogP contribution is -2.30. The third-order valence-corrected chi connectivity index (χ3v) is 7.48. The van der Waals surface area contributed by atoms with Crippen molar-refractivity contribution in [3.63, 3.8) is 0 Å². The van der Waals surface area contributed by atoms with Crippen LogP contribution in [0, 0.1) is 11.3 Å². The highest BCUT2D eigenvalue weighted by Crippen LogP contribution is 2.61. The maximum atomic E-state index is 3.84. The van der Waals surface area contributed by atoms with E-state index in [0.717, 1.165) is 5.92 Å². The first-order valence-electron chi connectivity index (χ1n) is 11.2. The topological polar surface area (TPSA) is 0 Å². The molecule has 1 heteroatoms. The molecule has 0 N–H and O–H groups in total. The van der Waals surface area contributed by atoms with Crippen LogP contribution in [-0.4, -0.2) is 0 Å². The smallest absolute Gasteiger partial charge is 0.00278 e. The van der Waals surface area contributed by atoms with E-state index in [1.165, 1.54) is 88.0 Å². The highest BCUT2D eigenvalue weighted by atomic mass is 79.9. The number of fused-ring (bicyclic) bond motifs is 2. The summed E-state index contributed by atoms with van der Waals surface area (Å²) in [6, 6.07) is 0. The molecule has 0 radical (unpaired) electrons. The molecule has 3 aliphatic carbocycles. The lowest BCUT2D eigenvalue weighted by Gasteiger charge is -2.40. The molecule has 26 heavy (non-hydrogen) atoms. The second-order valence-electron chi connectivity index (χ2n) is 8.60. The quantitative estimate of drug-likeness (QED) is 0.312. The largest absolute Gasteiger partial charge is 0.0839 e. The normalized spacial score (nSPS) is 23.6. The molecule has 0 bridgehead atoms. The summed E-state index contributed by atoms with van der Waals surface area (Å²) in [5, 5.41) is 0. The summed E-state index contributed by atoms with van der Waals surface area (Å²) in [6.45, 7) is 4.65. The van der Waals surface area contributed by atoms with Gasteiger partial charge in [0.25, 0.3) is 0 Å². The number of rotatable bonds is 10. The van der Waals surface area contributed by atoms with Crippen molar-refractivity contribution in [1.82, 2.24) is 0 Å². The van der Waals surface area contributed by atoms with Gasteiger partial charge >= 0.3 is 0 Å². The van der Waals surface area contributed by atoms with Gasteiger partial charge in [-0.25, -0.2) is 0 Å². The Bertz CT molecular complexity index is 590. The number of hydrogen-bond acceptors (Lipinski definition) is 0. The van der Waals surface area contributed by atoms with Gasteiger partial charge in [-0.3, -0.25) is 0 Å². The van der Waals surface area contributed by atoms with E-state index >= 15 is 0 Å². The molecule has 0 saturated heterocycles. The number of halogens is 1. The van der Waals surface area contributed by atoms with E-state index in [2.05, 4.69) is 54.1 Å². The molecule has 0 aromatic carbocycles. The highest BCUT2D eigenvalue weighted by molar-refractivity contribution is 9.11. The third kappa shape index (κ3) is 4.13. The average Bonchev–Trinajstić information content (AvgIpc) is 2.92. The maximum absolute atomic E-state index is 3.84. The Labute approximate surface area is 170 Å². The fraction of sp³-hybridized carbons (Fsp3) is 0.680. The van der Waals surface area contributed by atoms with Gasteiger partial charge in [-0.05, 0) is 59.2 Å². The summed E-state index contributed by atoms with van der Waals surface area (Å²) >= 11 is 3.84. The van der Waals surface area contributed by atoms with Crippen molar-refractivity contribution in [2.45, 2.75) is 97.3 Å². The van der Waals surface area contributed by atoms with Gasteiger partial charge < -0.3 is 0 Å². The highest BCUT2D eigenvalue weighted by Gasteiger charge is 2.49. The Morgan fingerprint density at radius 3 is 2.31 bits per heavy atom. The van der Waals surface area contributed by atoms with E-state index in [1.54, 1.807) is 16.7 Å². The van der Waals surface area contributed by atoms with Gasteiger partial charge in [0.2, 0.25) is 0 Å². The Morgan fingerprint density at radius 2 is 1.65 bits per heavy atom. The van der Waals surface area contributed by atoms with E-state index in [4.69, 9.17) is 0 Å². The maximum Gasteiger partial charge on any atom is 0.00278 e. The van der Waals surface area contributed by atoms with E-state index in [0.29, 0.717) is 5.41 Å². The Balaban J connectivity index is 1.88. The van der Waals surface area contributed by atoms with Crippen LogP contribution in [0.2, 0.25) is 0 Å². The van der Waals surface area contributed by atoms with Crippen molar-refractivity contribution in [3.05, 3.63) is 45.5 Å². The Morgan fingerprint density at radius 1 is 0.962 bits per heavy atom. The third-order valence-electron chi connectivity index (χ3n) is 6.89. The van der Waals surface area contributed by atoms with Crippen LogP contribution in [0.25, 0.3) is 0 Å². The molecule has 0 aromatic heterocycles. The minimum atomic E-state index is 0.410. The molecular weight excluding hydrogens is 380 g/mol. The van der Waals surface area contributed by atoms with Gasteiger partial charge in [0.05, 0.1) is 0 Å². The number of hydrogen-bond donors (Lipinski definition) is 0. The van der Waals surface area contributed by atoms with Crippen LogP contribution >= 0.6 is 15.9 Å². The van der Waals surface area contributed by atoms with E-state index in [-0.39, 0.29) is 0 Å². The minimum Gasteiger partial charge on any atom is -0.0839 e. The number of allylic oxidation sites excluding steroid dienone is 8. The van der Waals surface area contributed by atoms with Crippen molar-refractivity contribution in [2.24, 2.45) is 11.3 Å². The molecule has 0 aromatic rings. The molecule has 0 heterocycles. The second-order valence-corrected chi connectivity index (χ2v) is 9.62. The molecule has 1 atom stereocenters. The summed E-state index contributed by atoms with van der Waals surface area (Å²) in [6.07, 6.45) is 27.3. The zero-order valence-corrected chi connectivity index (χ0v) is 18.5. The molecule has 0 saturated carbocycles. The predicted molar refractivity (Wildman–Crippen MR) is 119 cm³/mol. The van der Waals surface area contributed by atoms with Gasteiger partial charge in [0, 0.05) is 5.41 Å². The van der Waals surface area contributed by atoms with Crippen LogP contribution in [0.4, 0.5) is 0 Å². The fourth-order valence-corrected chi connectivity index (χ4v) is 6.02. The summed E-state index contributed by atoms with van der Waals surface area (Å²) in [5.74, 6) is 0.720. The van der Waals surface area contributed by atoms with E-state index in [1.807, 2.05) is 0 Å². The zero-order valence-electron chi connectivity index (χ0n) is 17.0. The van der Waals surface area contributed by atoms with Crippen LogP contribution in [0.1, 0.15) is 97.3 Å². The summed E-state index contributed by atoms with van der Waals surface area (Å²) < 4.78 is 1.40. The van der Waals surface area contributed by atoms with Crippen LogP contribution in [0.5, 0.6) is 0 Å². The average molecular weight is 417 g/mol. The van der Waals surface area contributed by atoms with Crippen molar-refractivity contribution in [2.75, 3.05) is 0 Å². The standard InChI is InChI=1S/C25H37Br/c1-3-5-7-11-17-25(18-12-8-6-4-2)23-14-10-9-13-21(23)22-16-15-20(26)19-24(22)25/h10,14-16,24H,3-9,11-13,17-19H2,1-2H3. The first kappa shape index (κ1) is 20.2. The molecule has 0 spiro atoms. The summed E-state index contributed by atoms with van der Waals surface area (Å²) in [5.41, 5.74) is 5.56. The van der Waals surface area contributed by atoms with Crippen LogP contribution in [0.15, 0.2) is 45.5 Å². The molecule has 0 nitrogen and oxygen atoms in total. The fourth-order valence-electron chi connectivity index (χ4n) is 5.57. The Kier molecular flexibility index (Phi) is 7.44. The second kappa shape index (κ2) is 9.58. The number of unbranched alkanes of at least 4 members (excludes halogenated alkanes) is 6. The van der Waals surface area contributed by atoms with Crippen molar-refractivity contribution in [1.29, 1.82) is 0 Å². The summed E-state index contributed by atoms with van der Waals surface area (Å²) in [4.78, 5) is 0. The molecule has 0 amide bonds. The van der Waals surface area contributed by atoms with Gasteiger partial charge in [0.1, 0.15) is 0 Å². The predicted octanol–water partition coefficient (Wildman–Crippen LogP) is 8.80. The summed E-state index contributed by atoms with van der Waals surface area (Å²) in [7, 11) is 0. The molecule has 144 valence electrons. The zero-order chi connectivity index (χ0) is 18.4. The van der Waals surface area contributed by atoms with Crippen molar-refractivity contribution < 1.29 is 0 Å².